The first-order valence-corrected chi connectivity index (χ1v) is 6.55. The second-order valence-corrected chi connectivity index (χ2v) is 4.79. The van der Waals surface area contributed by atoms with Crippen LogP contribution in [0.25, 0.3) is 0 Å². The van der Waals surface area contributed by atoms with Crippen molar-refractivity contribution in [2.45, 2.75) is 19.5 Å². The first-order chi connectivity index (χ1) is 10.0. The lowest BCUT2D eigenvalue weighted by atomic mass is 10.1. The van der Waals surface area contributed by atoms with E-state index in [9.17, 15) is 8.78 Å². The van der Waals surface area contributed by atoms with Gasteiger partial charge in [-0.05, 0) is 42.3 Å². The summed E-state index contributed by atoms with van der Waals surface area (Å²) in [6, 6.07) is 9.79. The minimum absolute atomic E-state index is 0.0139. The SMILES string of the molecule is COc1cccc(C(C)NCc2cc(F)c(O)c(F)c2)c1. The number of methoxy groups -OCH3 is 1. The molecule has 0 bridgehead atoms. The molecule has 0 saturated carbocycles. The van der Waals surface area contributed by atoms with E-state index in [0.29, 0.717) is 5.56 Å². The van der Waals surface area contributed by atoms with Gasteiger partial charge in [0.15, 0.2) is 17.4 Å². The fourth-order valence-electron chi connectivity index (χ4n) is 2.02. The highest BCUT2D eigenvalue weighted by molar-refractivity contribution is 5.31. The van der Waals surface area contributed by atoms with Gasteiger partial charge in [-0.3, -0.25) is 0 Å². The summed E-state index contributed by atoms with van der Waals surface area (Å²) in [5.74, 6) is -2.11. The topological polar surface area (TPSA) is 41.5 Å². The summed E-state index contributed by atoms with van der Waals surface area (Å²) in [5.41, 5.74) is 1.44. The number of phenolic OH excluding ortho intramolecular Hbond substituents is 1. The van der Waals surface area contributed by atoms with Gasteiger partial charge in [0, 0.05) is 12.6 Å². The fourth-order valence-corrected chi connectivity index (χ4v) is 2.02. The number of hydrogen-bond acceptors (Lipinski definition) is 3. The quantitative estimate of drug-likeness (QED) is 0.886. The average Bonchev–Trinajstić information content (AvgIpc) is 2.50. The zero-order valence-electron chi connectivity index (χ0n) is 11.9. The van der Waals surface area contributed by atoms with Crippen molar-refractivity contribution in [1.82, 2.24) is 5.32 Å². The second kappa shape index (κ2) is 6.54. The molecule has 1 unspecified atom stereocenters. The molecule has 0 saturated heterocycles. The molecule has 0 amide bonds. The van der Waals surface area contributed by atoms with Crippen molar-refractivity contribution in [3.63, 3.8) is 0 Å². The number of phenols is 1. The van der Waals surface area contributed by atoms with Crippen LogP contribution >= 0.6 is 0 Å². The van der Waals surface area contributed by atoms with Gasteiger partial charge in [-0.2, -0.15) is 0 Å². The number of halogens is 2. The van der Waals surface area contributed by atoms with Crippen LogP contribution in [0.3, 0.4) is 0 Å². The normalized spacial score (nSPS) is 12.2. The third kappa shape index (κ3) is 3.70. The Morgan fingerprint density at radius 3 is 2.48 bits per heavy atom. The molecule has 0 heterocycles. The molecule has 2 N–H and O–H groups in total. The number of nitrogens with one attached hydrogen (secondary N) is 1. The number of ether oxygens (including phenoxy) is 1. The third-order valence-corrected chi connectivity index (χ3v) is 3.28. The standard InChI is InChI=1S/C16H17F2NO2/c1-10(12-4-3-5-13(8-12)21-2)19-9-11-6-14(17)16(20)15(18)7-11/h3-8,10,19-20H,9H2,1-2H3. The van der Waals surface area contributed by atoms with E-state index in [1.54, 1.807) is 7.11 Å². The van der Waals surface area contributed by atoms with Crippen LogP contribution < -0.4 is 10.1 Å². The van der Waals surface area contributed by atoms with Crippen LogP contribution in [-0.4, -0.2) is 12.2 Å². The van der Waals surface area contributed by atoms with Gasteiger partial charge in [0.2, 0.25) is 0 Å². The Balaban J connectivity index is 2.05. The molecular formula is C16H17F2NO2. The summed E-state index contributed by atoms with van der Waals surface area (Å²) in [6.07, 6.45) is 0. The Kier molecular flexibility index (Phi) is 4.75. The van der Waals surface area contributed by atoms with Crippen LogP contribution in [0.1, 0.15) is 24.1 Å². The van der Waals surface area contributed by atoms with Crippen LogP contribution in [0.2, 0.25) is 0 Å². The summed E-state index contributed by atoms with van der Waals surface area (Å²) >= 11 is 0. The Hall–Kier alpha value is -2.14. The first-order valence-electron chi connectivity index (χ1n) is 6.55. The molecule has 0 radical (unpaired) electrons. The molecule has 0 aliphatic heterocycles. The Morgan fingerprint density at radius 2 is 1.86 bits per heavy atom. The van der Waals surface area contributed by atoms with Gasteiger partial charge in [-0.1, -0.05) is 12.1 Å². The van der Waals surface area contributed by atoms with Crippen molar-refractivity contribution in [3.05, 3.63) is 59.2 Å². The number of rotatable bonds is 5. The van der Waals surface area contributed by atoms with Crippen molar-refractivity contribution in [1.29, 1.82) is 0 Å². The van der Waals surface area contributed by atoms with Crippen LogP contribution in [0.5, 0.6) is 11.5 Å². The van der Waals surface area contributed by atoms with Gasteiger partial charge in [-0.15, -0.1) is 0 Å². The van der Waals surface area contributed by atoms with Gasteiger partial charge in [-0.25, -0.2) is 8.78 Å². The zero-order valence-corrected chi connectivity index (χ0v) is 11.9. The number of aromatic hydroxyl groups is 1. The van der Waals surface area contributed by atoms with Crippen molar-refractivity contribution >= 4 is 0 Å². The summed E-state index contributed by atoms with van der Waals surface area (Å²) in [4.78, 5) is 0. The van der Waals surface area contributed by atoms with Crippen molar-refractivity contribution in [3.8, 4) is 11.5 Å². The van der Waals surface area contributed by atoms with Gasteiger partial charge in [0.1, 0.15) is 5.75 Å². The van der Waals surface area contributed by atoms with E-state index in [0.717, 1.165) is 23.4 Å². The summed E-state index contributed by atoms with van der Waals surface area (Å²) in [7, 11) is 1.60. The summed E-state index contributed by atoms with van der Waals surface area (Å²) < 4.78 is 31.7. The Morgan fingerprint density at radius 1 is 1.19 bits per heavy atom. The maximum Gasteiger partial charge on any atom is 0.187 e. The predicted molar refractivity (Wildman–Crippen MR) is 76.3 cm³/mol. The maximum atomic E-state index is 13.3. The molecule has 3 nitrogen and oxygen atoms in total. The highest BCUT2D eigenvalue weighted by atomic mass is 19.1. The Labute approximate surface area is 122 Å². The van der Waals surface area contributed by atoms with Crippen molar-refractivity contribution < 1.29 is 18.6 Å². The number of benzene rings is 2. The molecule has 112 valence electrons. The molecule has 0 aromatic heterocycles. The first kappa shape index (κ1) is 15.3. The number of hydrogen-bond donors (Lipinski definition) is 2. The average molecular weight is 293 g/mol. The highest BCUT2D eigenvalue weighted by Crippen LogP contribution is 2.23. The van der Waals surface area contributed by atoms with Crippen LogP contribution in [0.15, 0.2) is 36.4 Å². The molecule has 1 atom stereocenters. The smallest absolute Gasteiger partial charge is 0.187 e. The molecule has 0 aliphatic rings. The van der Waals surface area contributed by atoms with Gasteiger partial charge < -0.3 is 15.2 Å². The van der Waals surface area contributed by atoms with Gasteiger partial charge in [0.25, 0.3) is 0 Å². The summed E-state index contributed by atoms with van der Waals surface area (Å²) in [6.45, 7) is 2.23. The Bertz CT molecular complexity index is 608. The summed E-state index contributed by atoms with van der Waals surface area (Å²) in [5, 5.41) is 12.2. The molecule has 5 heteroatoms. The minimum atomic E-state index is -0.958. The lowest BCUT2D eigenvalue weighted by Gasteiger charge is -2.15. The van der Waals surface area contributed by atoms with Crippen LogP contribution in [0, 0.1) is 11.6 Å². The van der Waals surface area contributed by atoms with E-state index in [-0.39, 0.29) is 12.6 Å². The predicted octanol–water partition coefficient (Wildman–Crippen LogP) is 3.53. The minimum Gasteiger partial charge on any atom is -0.503 e. The van der Waals surface area contributed by atoms with E-state index in [1.165, 1.54) is 0 Å². The molecule has 0 aliphatic carbocycles. The fraction of sp³-hybridized carbons (Fsp3) is 0.250. The molecule has 0 spiro atoms. The van der Waals surface area contributed by atoms with E-state index in [1.807, 2.05) is 31.2 Å². The second-order valence-electron chi connectivity index (χ2n) is 4.79. The highest BCUT2D eigenvalue weighted by Gasteiger charge is 2.11. The largest absolute Gasteiger partial charge is 0.503 e. The van der Waals surface area contributed by atoms with Gasteiger partial charge >= 0.3 is 0 Å². The van der Waals surface area contributed by atoms with Crippen LogP contribution in [-0.2, 0) is 6.54 Å². The van der Waals surface area contributed by atoms with Crippen molar-refractivity contribution in [2.24, 2.45) is 0 Å². The van der Waals surface area contributed by atoms with E-state index < -0.39 is 17.4 Å². The van der Waals surface area contributed by atoms with Gasteiger partial charge in [0.05, 0.1) is 7.11 Å². The zero-order chi connectivity index (χ0) is 15.4. The van der Waals surface area contributed by atoms with E-state index in [4.69, 9.17) is 9.84 Å². The van der Waals surface area contributed by atoms with E-state index in [2.05, 4.69) is 5.32 Å². The molecule has 2 rings (SSSR count). The molecule has 0 fully saturated rings. The molecular weight excluding hydrogens is 276 g/mol. The monoisotopic (exact) mass is 293 g/mol. The van der Waals surface area contributed by atoms with Crippen LogP contribution in [0.4, 0.5) is 8.78 Å². The molecule has 2 aromatic rings. The third-order valence-electron chi connectivity index (χ3n) is 3.28. The maximum absolute atomic E-state index is 13.3. The molecule has 21 heavy (non-hydrogen) atoms. The van der Waals surface area contributed by atoms with E-state index >= 15 is 0 Å². The lowest BCUT2D eigenvalue weighted by molar-refractivity contribution is 0.394. The molecule has 2 aromatic carbocycles. The van der Waals surface area contributed by atoms with Crippen molar-refractivity contribution in [2.75, 3.05) is 7.11 Å². The lowest BCUT2D eigenvalue weighted by Crippen LogP contribution is -2.18.